The lowest BCUT2D eigenvalue weighted by molar-refractivity contribution is 0.00967. The highest BCUT2D eigenvalue weighted by Gasteiger charge is 2.30. The Morgan fingerprint density at radius 1 is 1.48 bits per heavy atom. The molecule has 0 aromatic carbocycles. The molecular weight excluding hydrogens is 292 g/mol. The average Bonchev–Trinajstić information content (AvgIpc) is 2.89. The van der Waals surface area contributed by atoms with Crippen LogP contribution in [-0.2, 0) is 11.8 Å². The standard InChI is InChI=1S/C17H30N4O2/c1-13(15-18-9-11-20(15)5)19-12-14-8-6-7-10-21(14)16(22)23-17(2,3)4/h9,11,13-14,19H,6-8,10,12H2,1-5H3. The fourth-order valence-corrected chi connectivity index (χ4v) is 2.97. The molecule has 2 rings (SSSR count). The Bertz CT molecular complexity index is 521. The molecule has 23 heavy (non-hydrogen) atoms. The van der Waals surface area contributed by atoms with Crippen LogP contribution in [0.1, 0.15) is 58.8 Å². The second kappa shape index (κ2) is 7.34. The van der Waals surface area contributed by atoms with Gasteiger partial charge in [-0.25, -0.2) is 9.78 Å². The summed E-state index contributed by atoms with van der Waals surface area (Å²) >= 11 is 0. The predicted molar refractivity (Wildman–Crippen MR) is 90.2 cm³/mol. The van der Waals surface area contributed by atoms with E-state index in [-0.39, 0.29) is 18.2 Å². The number of nitrogens with zero attached hydrogens (tertiary/aromatic N) is 3. The van der Waals surface area contributed by atoms with Crippen LogP contribution in [0.15, 0.2) is 12.4 Å². The summed E-state index contributed by atoms with van der Waals surface area (Å²) in [5.41, 5.74) is -0.452. The summed E-state index contributed by atoms with van der Waals surface area (Å²) in [5.74, 6) is 1.00. The number of hydrogen-bond acceptors (Lipinski definition) is 4. The minimum atomic E-state index is -0.452. The fourth-order valence-electron chi connectivity index (χ4n) is 2.97. The van der Waals surface area contributed by atoms with E-state index in [0.29, 0.717) is 0 Å². The molecule has 2 atom stereocenters. The SMILES string of the molecule is CC(NCC1CCCCN1C(=O)OC(C)(C)C)c1nccn1C. The third-order valence-corrected chi connectivity index (χ3v) is 4.16. The van der Waals surface area contributed by atoms with Gasteiger partial charge in [-0.15, -0.1) is 0 Å². The van der Waals surface area contributed by atoms with Crippen molar-refractivity contribution in [3.8, 4) is 0 Å². The fraction of sp³-hybridized carbons (Fsp3) is 0.765. The molecular formula is C17H30N4O2. The van der Waals surface area contributed by atoms with Gasteiger partial charge < -0.3 is 19.5 Å². The number of amides is 1. The van der Waals surface area contributed by atoms with E-state index in [9.17, 15) is 4.79 Å². The number of ether oxygens (including phenoxy) is 1. The van der Waals surface area contributed by atoms with Crippen molar-refractivity contribution < 1.29 is 9.53 Å². The van der Waals surface area contributed by atoms with Gasteiger partial charge in [-0.3, -0.25) is 0 Å². The maximum atomic E-state index is 12.4. The molecule has 0 bridgehead atoms. The maximum absolute atomic E-state index is 12.4. The minimum absolute atomic E-state index is 0.150. The molecule has 0 radical (unpaired) electrons. The summed E-state index contributed by atoms with van der Waals surface area (Å²) < 4.78 is 7.57. The molecule has 2 unspecified atom stereocenters. The minimum Gasteiger partial charge on any atom is -0.444 e. The van der Waals surface area contributed by atoms with E-state index in [2.05, 4.69) is 17.2 Å². The molecule has 1 aliphatic heterocycles. The van der Waals surface area contributed by atoms with Gasteiger partial charge in [0.15, 0.2) is 0 Å². The summed E-state index contributed by atoms with van der Waals surface area (Å²) in [4.78, 5) is 18.7. The van der Waals surface area contributed by atoms with Crippen LogP contribution in [0.2, 0.25) is 0 Å². The molecule has 1 amide bonds. The number of carbonyl (C=O) groups is 1. The largest absolute Gasteiger partial charge is 0.444 e. The lowest BCUT2D eigenvalue weighted by atomic mass is 10.0. The zero-order chi connectivity index (χ0) is 17.0. The van der Waals surface area contributed by atoms with E-state index in [1.54, 1.807) is 6.20 Å². The predicted octanol–water partition coefficient (Wildman–Crippen LogP) is 2.86. The molecule has 0 aliphatic carbocycles. The molecule has 1 aromatic heterocycles. The summed E-state index contributed by atoms with van der Waals surface area (Å²) in [5, 5.41) is 3.51. The Balaban J connectivity index is 1.93. The second-order valence-corrected chi connectivity index (χ2v) is 7.35. The number of likely N-dealkylation sites (tertiary alicyclic amines) is 1. The van der Waals surface area contributed by atoms with Crippen LogP contribution in [0.4, 0.5) is 4.79 Å². The van der Waals surface area contributed by atoms with E-state index in [1.165, 1.54) is 0 Å². The molecule has 2 heterocycles. The molecule has 1 aromatic rings. The number of hydrogen-bond donors (Lipinski definition) is 1. The van der Waals surface area contributed by atoms with Crippen molar-refractivity contribution in [1.82, 2.24) is 19.8 Å². The summed E-state index contributed by atoms with van der Waals surface area (Å²) in [6.45, 7) is 9.36. The van der Waals surface area contributed by atoms with Crippen molar-refractivity contribution in [2.45, 2.75) is 64.6 Å². The number of imidazole rings is 1. The second-order valence-electron chi connectivity index (χ2n) is 7.35. The topological polar surface area (TPSA) is 59.4 Å². The van der Waals surface area contributed by atoms with Gasteiger partial charge in [-0.2, -0.15) is 0 Å². The Hall–Kier alpha value is -1.56. The monoisotopic (exact) mass is 322 g/mol. The highest BCUT2D eigenvalue weighted by molar-refractivity contribution is 5.68. The number of aromatic nitrogens is 2. The first-order valence-corrected chi connectivity index (χ1v) is 8.48. The van der Waals surface area contributed by atoms with Crippen LogP contribution in [0.3, 0.4) is 0 Å². The van der Waals surface area contributed by atoms with Crippen LogP contribution < -0.4 is 5.32 Å². The average molecular weight is 322 g/mol. The molecule has 1 aliphatic rings. The van der Waals surface area contributed by atoms with Crippen molar-refractivity contribution in [2.24, 2.45) is 7.05 Å². The van der Waals surface area contributed by atoms with Crippen LogP contribution in [-0.4, -0.2) is 45.3 Å². The number of carbonyl (C=O) groups excluding carboxylic acids is 1. The zero-order valence-electron chi connectivity index (χ0n) is 15.0. The molecule has 1 saturated heterocycles. The number of nitrogens with one attached hydrogen (secondary N) is 1. The molecule has 0 saturated carbocycles. The Labute approximate surface area is 139 Å². The quantitative estimate of drug-likeness (QED) is 0.926. The molecule has 1 fully saturated rings. The van der Waals surface area contributed by atoms with Crippen molar-refractivity contribution in [3.05, 3.63) is 18.2 Å². The normalized spacial score (nSPS) is 20.4. The van der Waals surface area contributed by atoms with Crippen LogP contribution >= 0.6 is 0 Å². The Morgan fingerprint density at radius 3 is 2.83 bits per heavy atom. The smallest absolute Gasteiger partial charge is 0.410 e. The third-order valence-electron chi connectivity index (χ3n) is 4.16. The number of piperidine rings is 1. The molecule has 0 spiro atoms. The highest BCUT2D eigenvalue weighted by Crippen LogP contribution is 2.21. The van der Waals surface area contributed by atoms with Gasteiger partial charge in [-0.1, -0.05) is 0 Å². The van der Waals surface area contributed by atoms with Gasteiger partial charge in [-0.05, 0) is 47.0 Å². The summed E-state index contributed by atoms with van der Waals surface area (Å²) in [7, 11) is 1.99. The molecule has 6 nitrogen and oxygen atoms in total. The zero-order valence-corrected chi connectivity index (χ0v) is 15.0. The molecule has 1 N–H and O–H groups in total. The first-order valence-electron chi connectivity index (χ1n) is 8.48. The summed E-state index contributed by atoms with van der Waals surface area (Å²) in [6.07, 6.45) is 6.77. The van der Waals surface area contributed by atoms with Crippen molar-refractivity contribution in [1.29, 1.82) is 0 Å². The van der Waals surface area contributed by atoms with Crippen molar-refractivity contribution >= 4 is 6.09 Å². The lowest BCUT2D eigenvalue weighted by Gasteiger charge is -2.37. The lowest BCUT2D eigenvalue weighted by Crippen LogP contribution is -2.50. The highest BCUT2D eigenvalue weighted by atomic mass is 16.6. The maximum Gasteiger partial charge on any atom is 0.410 e. The van der Waals surface area contributed by atoms with Gasteiger partial charge in [0, 0.05) is 38.6 Å². The number of rotatable bonds is 4. The van der Waals surface area contributed by atoms with Crippen molar-refractivity contribution in [3.63, 3.8) is 0 Å². The van der Waals surface area contributed by atoms with E-state index in [0.717, 1.165) is 38.2 Å². The van der Waals surface area contributed by atoms with Gasteiger partial charge in [0.05, 0.1) is 6.04 Å². The van der Waals surface area contributed by atoms with Gasteiger partial charge in [0.1, 0.15) is 11.4 Å². The van der Waals surface area contributed by atoms with Gasteiger partial charge in [0.25, 0.3) is 0 Å². The Morgan fingerprint density at radius 2 is 2.22 bits per heavy atom. The Kier molecular flexibility index (Phi) is 5.68. The van der Waals surface area contributed by atoms with Crippen LogP contribution in [0.25, 0.3) is 0 Å². The van der Waals surface area contributed by atoms with Gasteiger partial charge in [0.2, 0.25) is 0 Å². The first kappa shape index (κ1) is 17.8. The van der Waals surface area contributed by atoms with Gasteiger partial charge >= 0.3 is 6.09 Å². The van der Waals surface area contributed by atoms with Crippen LogP contribution in [0, 0.1) is 0 Å². The molecule has 130 valence electrons. The first-order chi connectivity index (χ1) is 10.8. The summed E-state index contributed by atoms with van der Waals surface area (Å²) in [6, 6.07) is 0.332. The van der Waals surface area contributed by atoms with E-state index < -0.39 is 5.60 Å². The molecule has 6 heteroatoms. The van der Waals surface area contributed by atoms with E-state index >= 15 is 0 Å². The number of aryl methyl sites for hydroxylation is 1. The van der Waals surface area contributed by atoms with Crippen molar-refractivity contribution in [2.75, 3.05) is 13.1 Å². The van der Waals surface area contributed by atoms with Crippen LogP contribution in [0.5, 0.6) is 0 Å². The van der Waals surface area contributed by atoms with E-state index in [4.69, 9.17) is 4.74 Å². The van der Waals surface area contributed by atoms with E-state index in [1.807, 2.05) is 43.5 Å². The third kappa shape index (κ3) is 4.96.